The summed E-state index contributed by atoms with van der Waals surface area (Å²) < 4.78 is 5.56. The number of nitro benzene ring substituents is 1. The van der Waals surface area contributed by atoms with E-state index in [4.69, 9.17) is 4.74 Å². The molecule has 7 heteroatoms. The van der Waals surface area contributed by atoms with Crippen molar-refractivity contribution in [2.45, 2.75) is 45.6 Å². The molecule has 1 aromatic carbocycles. The fourth-order valence-electron chi connectivity index (χ4n) is 3.58. The summed E-state index contributed by atoms with van der Waals surface area (Å²) in [5.41, 5.74) is 1.03. The number of aliphatic imine (C=N–C) groups is 1. The summed E-state index contributed by atoms with van der Waals surface area (Å²) in [5.74, 6) is 0.672. The highest BCUT2D eigenvalue weighted by atomic mass is 16.6. The number of nitrogens with zero attached hydrogens (tertiary/aromatic N) is 2. The summed E-state index contributed by atoms with van der Waals surface area (Å²) in [4.78, 5) is 15.0. The normalized spacial score (nSPS) is 16.5. The minimum atomic E-state index is -0.353. The molecule has 1 aliphatic carbocycles. The fraction of sp³-hybridized carbons (Fsp3) is 0.632. The van der Waals surface area contributed by atoms with Crippen LogP contribution in [-0.4, -0.2) is 37.7 Å². The van der Waals surface area contributed by atoms with Crippen molar-refractivity contribution in [1.29, 1.82) is 0 Å². The molecule has 1 aromatic rings. The molecule has 2 rings (SSSR count). The second kappa shape index (κ2) is 10.1. The molecule has 26 heavy (non-hydrogen) atoms. The number of rotatable bonds is 9. The Hall–Kier alpha value is -2.15. The second-order valence-corrected chi connectivity index (χ2v) is 6.82. The molecule has 0 bridgehead atoms. The van der Waals surface area contributed by atoms with Gasteiger partial charge >= 0.3 is 0 Å². The van der Waals surface area contributed by atoms with Gasteiger partial charge in [0.15, 0.2) is 5.96 Å². The predicted octanol–water partition coefficient (Wildman–Crippen LogP) is 3.25. The molecule has 0 spiro atoms. The van der Waals surface area contributed by atoms with Crippen molar-refractivity contribution in [3.8, 4) is 0 Å². The Labute approximate surface area is 155 Å². The number of ether oxygens (including phenoxy) is 1. The zero-order chi connectivity index (χ0) is 18.8. The van der Waals surface area contributed by atoms with Crippen molar-refractivity contribution in [3.63, 3.8) is 0 Å². The van der Waals surface area contributed by atoms with Crippen LogP contribution in [0.4, 0.5) is 5.69 Å². The number of benzene rings is 1. The molecule has 0 heterocycles. The average Bonchev–Trinajstić information content (AvgIpc) is 3.11. The first kappa shape index (κ1) is 20.2. The molecule has 0 atom stereocenters. The Bertz CT molecular complexity index is 613. The zero-order valence-corrected chi connectivity index (χ0v) is 15.8. The van der Waals surface area contributed by atoms with E-state index >= 15 is 0 Å². The van der Waals surface area contributed by atoms with E-state index in [1.165, 1.54) is 31.7 Å². The first-order valence-corrected chi connectivity index (χ1v) is 9.35. The lowest BCUT2D eigenvalue weighted by Crippen LogP contribution is -2.43. The van der Waals surface area contributed by atoms with Gasteiger partial charge in [0, 0.05) is 45.0 Å². The standard InChI is InChI=1S/C19H30N4O3/c1-3-26-13-12-19(10-6-7-11-19)15-22-18(20-2)21-14-16-8-4-5-9-17(16)23(24)25/h4-5,8-9H,3,6-7,10-15H2,1-2H3,(H2,20,21,22). The van der Waals surface area contributed by atoms with Gasteiger partial charge in [-0.05, 0) is 31.6 Å². The van der Waals surface area contributed by atoms with Gasteiger partial charge in [-0.2, -0.15) is 0 Å². The lowest BCUT2D eigenvalue weighted by atomic mass is 9.83. The van der Waals surface area contributed by atoms with Crippen LogP contribution in [0.15, 0.2) is 29.3 Å². The molecule has 1 aliphatic rings. The Morgan fingerprint density at radius 2 is 2.04 bits per heavy atom. The third-order valence-electron chi connectivity index (χ3n) is 5.13. The molecular weight excluding hydrogens is 332 g/mol. The molecule has 0 unspecified atom stereocenters. The van der Waals surface area contributed by atoms with Crippen LogP contribution in [0.3, 0.4) is 0 Å². The second-order valence-electron chi connectivity index (χ2n) is 6.82. The smallest absolute Gasteiger partial charge is 0.274 e. The van der Waals surface area contributed by atoms with E-state index in [0.717, 1.165) is 26.2 Å². The summed E-state index contributed by atoms with van der Waals surface area (Å²) >= 11 is 0. The van der Waals surface area contributed by atoms with E-state index in [1.807, 2.05) is 6.92 Å². The SMILES string of the molecule is CCOCCC1(CNC(=NC)NCc2ccccc2[N+](=O)[O-])CCCC1. The minimum absolute atomic E-state index is 0.124. The number of nitrogens with one attached hydrogen (secondary N) is 2. The fourth-order valence-corrected chi connectivity index (χ4v) is 3.58. The van der Waals surface area contributed by atoms with Crippen LogP contribution in [0.2, 0.25) is 0 Å². The van der Waals surface area contributed by atoms with Crippen LogP contribution in [-0.2, 0) is 11.3 Å². The maximum Gasteiger partial charge on any atom is 0.274 e. The van der Waals surface area contributed by atoms with Gasteiger partial charge in [0.1, 0.15) is 0 Å². The first-order valence-electron chi connectivity index (χ1n) is 9.35. The molecule has 0 amide bonds. The molecular formula is C19H30N4O3. The highest BCUT2D eigenvalue weighted by Gasteiger charge is 2.33. The van der Waals surface area contributed by atoms with E-state index < -0.39 is 0 Å². The number of nitro groups is 1. The zero-order valence-electron chi connectivity index (χ0n) is 15.8. The lowest BCUT2D eigenvalue weighted by molar-refractivity contribution is -0.385. The first-order chi connectivity index (χ1) is 12.6. The number of hydrogen-bond acceptors (Lipinski definition) is 4. The summed E-state index contributed by atoms with van der Waals surface area (Å²) in [7, 11) is 1.72. The number of hydrogen-bond donors (Lipinski definition) is 2. The van der Waals surface area contributed by atoms with Gasteiger partial charge in [0.25, 0.3) is 5.69 Å². The van der Waals surface area contributed by atoms with Gasteiger partial charge in [-0.1, -0.05) is 31.0 Å². The van der Waals surface area contributed by atoms with E-state index in [2.05, 4.69) is 15.6 Å². The third kappa shape index (κ3) is 5.69. The van der Waals surface area contributed by atoms with Gasteiger partial charge in [-0.3, -0.25) is 15.1 Å². The molecule has 2 N–H and O–H groups in total. The van der Waals surface area contributed by atoms with E-state index in [0.29, 0.717) is 18.1 Å². The Kier molecular flexibility index (Phi) is 7.84. The van der Waals surface area contributed by atoms with Crippen molar-refractivity contribution in [1.82, 2.24) is 10.6 Å². The summed E-state index contributed by atoms with van der Waals surface area (Å²) in [6.07, 6.45) is 5.98. The van der Waals surface area contributed by atoms with Crippen LogP contribution < -0.4 is 10.6 Å². The molecule has 1 fully saturated rings. The van der Waals surface area contributed by atoms with Crippen LogP contribution in [0.25, 0.3) is 0 Å². The van der Waals surface area contributed by atoms with Crippen molar-refractivity contribution in [2.75, 3.05) is 26.8 Å². The quantitative estimate of drug-likeness (QED) is 0.231. The topological polar surface area (TPSA) is 88.8 Å². The molecule has 1 saturated carbocycles. The maximum atomic E-state index is 11.1. The van der Waals surface area contributed by atoms with Crippen LogP contribution in [0.5, 0.6) is 0 Å². The van der Waals surface area contributed by atoms with Gasteiger partial charge in [0.05, 0.1) is 4.92 Å². The predicted molar refractivity (Wildman–Crippen MR) is 103 cm³/mol. The van der Waals surface area contributed by atoms with Gasteiger partial charge in [-0.15, -0.1) is 0 Å². The third-order valence-corrected chi connectivity index (χ3v) is 5.13. The lowest BCUT2D eigenvalue weighted by Gasteiger charge is -2.30. The Morgan fingerprint density at radius 1 is 1.31 bits per heavy atom. The Morgan fingerprint density at radius 3 is 2.69 bits per heavy atom. The summed E-state index contributed by atoms with van der Waals surface area (Å²) in [6, 6.07) is 6.77. The van der Waals surface area contributed by atoms with Gasteiger partial charge in [-0.25, -0.2) is 0 Å². The maximum absolute atomic E-state index is 11.1. The largest absolute Gasteiger partial charge is 0.382 e. The molecule has 7 nitrogen and oxygen atoms in total. The van der Waals surface area contributed by atoms with E-state index in [1.54, 1.807) is 25.2 Å². The molecule has 144 valence electrons. The highest BCUT2D eigenvalue weighted by Crippen LogP contribution is 2.40. The summed E-state index contributed by atoms with van der Waals surface area (Å²) in [6.45, 7) is 4.77. The van der Waals surface area contributed by atoms with Gasteiger partial charge in [0.2, 0.25) is 0 Å². The monoisotopic (exact) mass is 362 g/mol. The van der Waals surface area contributed by atoms with Crippen molar-refractivity contribution in [3.05, 3.63) is 39.9 Å². The van der Waals surface area contributed by atoms with Crippen LogP contribution in [0.1, 0.15) is 44.6 Å². The molecule has 0 aromatic heterocycles. The van der Waals surface area contributed by atoms with E-state index in [9.17, 15) is 10.1 Å². The highest BCUT2D eigenvalue weighted by molar-refractivity contribution is 5.79. The summed E-state index contributed by atoms with van der Waals surface area (Å²) in [5, 5.41) is 17.7. The van der Waals surface area contributed by atoms with Crippen molar-refractivity contribution in [2.24, 2.45) is 10.4 Å². The van der Waals surface area contributed by atoms with Crippen LogP contribution in [0, 0.1) is 15.5 Å². The number of guanidine groups is 1. The average molecular weight is 362 g/mol. The molecule has 0 aliphatic heterocycles. The minimum Gasteiger partial charge on any atom is -0.382 e. The van der Waals surface area contributed by atoms with Crippen molar-refractivity contribution >= 4 is 11.6 Å². The van der Waals surface area contributed by atoms with Crippen molar-refractivity contribution < 1.29 is 9.66 Å². The molecule has 0 saturated heterocycles. The van der Waals surface area contributed by atoms with Gasteiger partial charge < -0.3 is 15.4 Å². The van der Waals surface area contributed by atoms with Crippen LogP contribution >= 0.6 is 0 Å². The molecule has 0 radical (unpaired) electrons. The number of para-hydroxylation sites is 1. The van der Waals surface area contributed by atoms with E-state index in [-0.39, 0.29) is 16.0 Å². The Balaban J connectivity index is 1.90.